The number of nitrogens with two attached hydrogens (primary N) is 1. The van der Waals surface area contributed by atoms with E-state index in [1.807, 2.05) is 0 Å². The van der Waals surface area contributed by atoms with Crippen molar-refractivity contribution >= 4 is 29.0 Å². The average Bonchev–Trinajstić information content (AvgIpc) is 3.06. The lowest BCUT2D eigenvalue weighted by Gasteiger charge is -2.11. The van der Waals surface area contributed by atoms with Crippen molar-refractivity contribution in [3.8, 4) is 11.5 Å². The Hall–Kier alpha value is -2.81. The van der Waals surface area contributed by atoms with Crippen LogP contribution in [0, 0.1) is 0 Å². The predicted octanol–water partition coefficient (Wildman–Crippen LogP) is 2.04. The van der Waals surface area contributed by atoms with Crippen LogP contribution in [0.3, 0.4) is 0 Å². The van der Waals surface area contributed by atoms with Gasteiger partial charge in [0.1, 0.15) is 5.50 Å². The first-order valence-electron chi connectivity index (χ1n) is 7.68. The average molecular weight is 383 g/mol. The Morgan fingerprint density at radius 1 is 1.19 bits per heavy atom. The molecule has 0 amide bonds. The summed E-state index contributed by atoms with van der Waals surface area (Å²) in [6, 6.07) is 2.86. The van der Waals surface area contributed by atoms with Gasteiger partial charge in [-0.2, -0.15) is 4.80 Å². The van der Waals surface area contributed by atoms with Gasteiger partial charge in [-0.25, -0.2) is 4.79 Å². The van der Waals surface area contributed by atoms with Gasteiger partial charge in [-0.3, -0.25) is 4.79 Å². The van der Waals surface area contributed by atoms with Crippen LogP contribution >= 0.6 is 11.6 Å². The Labute approximate surface area is 155 Å². The van der Waals surface area contributed by atoms with Crippen LogP contribution in [0.1, 0.15) is 45.9 Å². The fourth-order valence-electron chi connectivity index (χ4n) is 2.19. The first-order valence-corrected chi connectivity index (χ1v) is 8.11. The number of hydrogen-bond donors (Lipinski definition) is 1. The molecule has 0 bridgehead atoms. The van der Waals surface area contributed by atoms with E-state index in [2.05, 4.69) is 10.2 Å². The number of nitrogens with zero attached hydrogens (tertiary/aromatic N) is 3. The first-order chi connectivity index (χ1) is 12.3. The molecule has 0 aliphatic rings. The van der Waals surface area contributed by atoms with Gasteiger partial charge in [0.25, 0.3) is 0 Å². The summed E-state index contributed by atoms with van der Waals surface area (Å²) in [6.07, 6.45) is 0. The van der Waals surface area contributed by atoms with E-state index in [0.29, 0.717) is 11.5 Å². The minimum atomic E-state index is -0.779. The largest absolute Gasteiger partial charge is 0.493 e. The molecular formula is C16H19ClN4O5. The Bertz CT molecular complexity index is 834. The molecule has 1 atom stereocenters. The number of carbonyl (C=O) groups is 2. The minimum Gasteiger partial charge on any atom is -0.493 e. The number of carbonyl (C=O) groups excluding carboxylic acids is 2. The molecule has 0 aliphatic carbocycles. The second-order valence-corrected chi connectivity index (χ2v) is 5.77. The van der Waals surface area contributed by atoms with Crippen LogP contribution in [0.15, 0.2) is 12.1 Å². The third-order valence-corrected chi connectivity index (χ3v) is 3.61. The van der Waals surface area contributed by atoms with Gasteiger partial charge in [0.2, 0.25) is 11.5 Å². The molecule has 1 aromatic heterocycles. The number of ketones is 1. The lowest BCUT2D eigenvalue weighted by atomic mass is 10.0. The summed E-state index contributed by atoms with van der Waals surface area (Å²) in [7, 11) is 2.88. The monoisotopic (exact) mass is 382 g/mol. The van der Waals surface area contributed by atoms with Gasteiger partial charge in [0.05, 0.1) is 26.4 Å². The van der Waals surface area contributed by atoms with Crippen molar-refractivity contribution in [2.45, 2.75) is 19.3 Å². The highest BCUT2D eigenvalue weighted by Gasteiger charge is 2.29. The summed E-state index contributed by atoms with van der Waals surface area (Å²) in [6.45, 7) is 3.35. The van der Waals surface area contributed by atoms with Gasteiger partial charge >= 0.3 is 5.97 Å². The number of ether oxygens (including phenoxy) is 3. The zero-order valence-corrected chi connectivity index (χ0v) is 15.5. The van der Waals surface area contributed by atoms with Crippen molar-refractivity contribution < 1.29 is 23.8 Å². The smallest absolute Gasteiger partial charge is 0.361 e. The maximum absolute atomic E-state index is 13.0. The van der Waals surface area contributed by atoms with Gasteiger partial charge in [0, 0.05) is 11.8 Å². The van der Waals surface area contributed by atoms with Crippen LogP contribution in [0.4, 0.5) is 5.69 Å². The van der Waals surface area contributed by atoms with Gasteiger partial charge in [-0.1, -0.05) is 11.6 Å². The van der Waals surface area contributed by atoms with Crippen LogP contribution < -0.4 is 15.2 Å². The van der Waals surface area contributed by atoms with Crippen molar-refractivity contribution in [1.82, 2.24) is 15.0 Å². The fourth-order valence-corrected chi connectivity index (χ4v) is 2.28. The Morgan fingerprint density at radius 3 is 2.31 bits per heavy atom. The Kier molecular flexibility index (Phi) is 6.04. The number of halogens is 1. The van der Waals surface area contributed by atoms with E-state index in [-0.39, 0.29) is 29.2 Å². The highest BCUT2D eigenvalue weighted by Crippen LogP contribution is 2.33. The molecule has 2 N–H and O–H groups in total. The Balaban J connectivity index is 2.57. The highest BCUT2D eigenvalue weighted by atomic mass is 35.5. The number of hydrogen-bond acceptors (Lipinski definition) is 8. The van der Waals surface area contributed by atoms with Crippen LogP contribution in [-0.2, 0) is 4.74 Å². The minimum absolute atomic E-state index is 0.0856. The summed E-state index contributed by atoms with van der Waals surface area (Å²) >= 11 is 5.95. The number of aromatic nitrogens is 3. The van der Waals surface area contributed by atoms with Crippen molar-refractivity contribution in [3.63, 3.8) is 0 Å². The maximum Gasteiger partial charge on any atom is 0.361 e. The predicted molar refractivity (Wildman–Crippen MR) is 93.9 cm³/mol. The lowest BCUT2D eigenvalue weighted by Crippen LogP contribution is -2.14. The molecule has 10 heteroatoms. The molecule has 0 saturated carbocycles. The van der Waals surface area contributed by atoms with Crippen molar-refractivity contribution in [3.05, 3.63) is 29.1 Å². The number of nitrogen functional groups attached to an aromatic ring is 1. The molecule has 0 radical (unpaired) electrons. The standard InChI is InChI=1S/C16H19ClN4O5/c1-5-26-16(23)14-13(19-21(20-14)8(2)17)15(22)9-6-11(24-3)12(25-4)7-10(9)18/h6-8H,5,18H2,1-4H3. The maximum atomic E-state index is 13.0. The van der Waals surface area contributed by atoms with E-state index >= 15 is 0 Å². The molecule has 26 heavy (non-hydrogen) atoms. The topological polar surface area (TPSA) is 119 Å². The van der Waals surface area contributed by atoms with Crippen LogP contribution in [0.25, 0.3) is 0 Å². The first kappa shape index (κ1) is 19.5. The van der Waals surface area contributed by atoms with Gasteiger partial charge < -0.3 is 19.9 Å². The van der Waals surface area contributed by atoms with Gasteiger partial charge in [-0.05, 0) is 19.9 Å². The molecule has 0 fully saturated rings. The van der Waals surface area contributed by atoms with E-state index in [1.165, 1.54) is 26.4 Å². The van der Waals surface area contributed by atoms with Gasteiger partial charge in [0.15, 0.2) is 17.2 Å². The summed E-state index contributed by atoms with van der Waals surface area (Å²) in [5.74, 6) is -0.723. The molecule has 9 nitrogen and oxygen atoms in total. The van der Waals surface area contributed by atoms with Crippen LogP contribution in [0.5, 0.6) is 11.5 Å². The molecule has 0 saturated heterocycles. The normalized spacial score (nSPS) is 11.7. The number of rotatable bonds is 7. The van der Waals surface area contributed by atoms with E-state index in [4.69, 9.17) is 31.5 Å². The lowest BCUT2D eigenvalue weighted by molar-refractivity contribution is 0.0515. The van der Waals surface area contributed by atoms with Crippen molar-refractivity contribution in [2.24, 2.45) is 0 Å². The summed E-state index contributed by atoms with van der Waals surface area (Å²) < 4.78 is 15.3. The van der Waals surface area contributed by atoms with E-state index in [1.54, 1.807) is 13.8 Å². The molecule has 1 heterocycles. The molecule has 1 aromatic carbocycles. The molecule has 1 unspecified atom stereocenters. The number of benzene rings is 1. The number of esters is 1. The SMILES string of the molecule is CCOC(=O)c1nn(C(C)Cl)nc1C(=O)c1cc(OC)c(OC)cc1N. The zero-order chi connectivity index (χ0) is 19.4. The number of anilines is 1. The molecule has 2 aromatic rings. The van der Waals surface area contributed by atoms with E-state index < -0.39 is 17.3 Å². The fraction of sp³-hybridized carbons (Fsp3) is 0.375. The van der Waals surface area contributed by atoms with Crippen LogP contribution in [-0.4, -0.2) is 47.6 Å². The molecule has 140 valence electrons. The molecule has 2 rings (SSSR count). The van der Waals surface area contributed by atoms with Crippen molar-refractivity contribution in [1.29, 1.82) is 0 Å². The third-order valence-electron chi connectivity index (χ3n) is 3.43. The molecule has 0 aliphatic heterocycles. The van der Waals surface area contributed by atoms with E-state index in [9.17, 15) is 9.59 Å². The van der Waals surface area contributed by atoms with Crippen LogP contribution in [0.2, 0.25) is 0 Å². The molecular weight excluding hydrogens is 364 g/mol. The highest BCUT2D eigenvalue weighted by molar-refractivity contribution is 6.19. The quantitative estimate of drug-likeness (QED) is 0.334. The van der Waals surface area contributed by atoms with E-state index in [0.717, 1.165) is 4.80 Å². The second kappa shape index (κ2) is 8.05. The number of methoxy groups -OCH3 is 2. The van der Waals surface area contributed by atoms with Crippen molar-refractivity contribution in [2.75, 3.05) is 26.6 Å². The Morgan fingerprint density at radius 2 is 1.77 bits per heavy atom. The zero-order valence-electron chi connectivity index (χ0n) is 14.8. The summed E-state index contributed by atoms with van der Waals surface area (Å²) in [5, 5.41) is 7.99. The third kappa shape index (κ3) is 3.72. The second-order valence-electron chi connectivity index (χ2n) is 5.14. The summed E-state index contributed by atoms with van der Waals surface area (Å²) in [4.78, 5) is 26.1. The summed E-state index contributed by atoms with van der Waals surface area (Å²) in [5.41, 5.74) is 5.05. The molecule has 0 spiro atoms. The van der Waals surface area contributed by atoms with Gasteiger partial charge in [-0.15, -0.1) is 10.2 Å². The number of alkyl halides is 1.